The van der Waals surface area contributed by atoms with E-state index >= 15 is 0 Å². The molecule has 6 rings (SSSR count). The van der Waals surface area contributed by atoms with Crippen molar-refractivity contribution in [2.45, 2.75) is 60.7 Å². The van der Waals surface area contributed by atoms with Gasteiger partial charge in [0.2, 0.25) is 0 Å². The van der Waals surface area contributed by atoms with Crippen LogP contribution in [-0.2, 0) is 0 Å². The Hall–Kier alpha value is -2.62. The highest BCUT2D eigenvalue weighted by molar-refractivity contribution is 7.99. The van der Waals surface area contributed by atoms with Crippen LogP contribution in [0.25, 0.3) is 0 Å². The van der Waals surface area contributed by atoms with Crippen LogP contribution < -0.4 is 14.5 Å². The number of anilines is 2. The predicted molar refractivity (Wildman–Crippen MR) is 147 cm³/mol. The average molecular weight is 556 g/mol. The van der Waals surface area contributed by atoms with Crippen molar-refractivity contribution >= 4 is 35.0 Å². The molecule has 1 N–H and O–H groups in total. The molecule has 38 heavy (non-hydrogen) atoms. The molecule has 0 unspecified atom stereocenters. The van der Waals surface area contributed by atoms with Crippen LogP contribution in [-0.4, -0.2) is 57.4 Å². The van der Waals surface area contributed by atoms with E-state index < -0.39 is 5.60 Å². The highest BCUT2D eigenvalue weighted by Gasteiger charge is 2.48. The lowest BCUT2D eigenvalue weighted by atomic mass is 9.79. The van der Waals surface area contributed by atoms with E-state index in [-0.39, 0.29) is 23.3 Å². The normalized spacial score (nSPS) is 20.8. The van der Waals surface area contributed by atoms with E-state index in [0.29, 0.717) is 5.02 Å². The van der Waals surface area contributed by atoms with Crippen LogP contribution >= 0.6 is 23.4 Å². The summed E-state index contributed by atoms with van der Waals surface area (Å²) in [5.41, 5.74) is -0.0487. The smallest absolute Gasteiger partial charge is 0.148 e. The average Bonchev–Trinajstić information content (AvgIpc) is 3.11. The van der Waals surface area contributed by atoms with Crippen LogP contribution in [0.4, 0.5) is 16.0 Å². The third-order valence-electron chi connectivity index (χ3n) is 8.32. The second-order valence-corrected chi connectivity index (χ2v) is 12.5. The number of piperidine rings is 1. The molecule has 200 valence electrons. The Kier molecular flexibility index (Phi) is 6.44. The van der Waals surface area contributed by atoms with Gasteiger partial charge in [0.15, 0.2) is 0 Å². The minimum Gasteiger partial charge on any atom is -0.486 e. The number of hydrogen-bond donors (Lipinski definition) is 1. The molecule has 3 aliphatic rings. The van der Waals surface area contributed by atoms with Gasteiger partial charge >= 0.3 is 0 Å². The van der Waals surface area contributed by atoms with Crippen molar-refractivity contribution in [3.63, 3.8) is 0 Å². The first kappa shape index (κ1) is 25.6. The Bertz CT molecular complexity index is 1340. The lowest BCUT2D eigenvalue weighted by molar-refractivity contribution is 0.00438. The highest BCUT2D eigenvalue weighted by atomic mass is 35.5. The van der Waals surface area contributed by atoms with Gasteiger partial charge in [0, 0.05) is 67.5 Å². The van der Waals surface area contributed by atoms with E-state index in [9.17, 15) is 9.50 Å². The van der Waals surface area contributed by atoms with Gasteiger partial charge in [-0.2, -0.15) is 0 Å². The zero-order valence-electron chi connectivity index (χ0n) is 21.7. The number of ether oxygens (including phenoxy) is 1. The molecule has 0 saturated carbocycles. The molecule has 0 radical (unpaired) electrons. The molecule has 5 heterocycles. The third kappa shape index (κ3) is 4.58. The van der Waals surface area contributed by atoms with Crippen molar-refractivity contribution in [2.75, 3.05) is 36.0 Å². The van der Waals surface area contributed by atoms with Crippen molar-refractivity contribution in [3.05, 3.63) is 59.3 Å². The molecule has 1 spiro atoms. The molecule has 2 saturated heterocycles. The van der Waals surface area contributed by atoms with Gasteiger partial charge in [-0.1, -0.05) is 30.3 Å². The van der Waals surface area contributed by atoms with Gasteiger partial charge in [-0.25, -0.2) is 19.3 Å². The monoisotopic (exact) mass is 555 g/mol. The molecular weight excluding hydrogens is 525 g/mol. The Balaban J connectivity index is 1.09. The molecule has 10 heteroatoms. The molecule has 3 aliphatic heterocycles. The number of nitrogens with zero attached hydrogens (tertiary/aromatic N) is 5. The zero-order chi connectivity index (χ0) is 26.7. The van der Waals surface area contributed by atoms with Gasteiger partial charge in [0.05, 0.1) is 23.0 Å². The summed E-state index contributed by atoms with van der Waals surface area (Å²) in [5.74, 6) is 2.49. The zero-order valence-corrected chi connectivity index (χ0v) is 23.3. The molecule has 0 amide bonds. The summed E-state index contributed by atoms with van der Waals surface area (Å²) >= 11 is 8.18. The Morgan fingerprint density at radius 2 is 1.87 bits per heavy atom. The van der Waals surface area contributed by atoms with E-state index in [0.717, 1.165) is 71.9 Å². The van der Waals surface area contributed by atoms with E-state index in [1.54, 1.807) is 24.5 Å². The summed E-state index contributed by atoms with van der Waals surface area (Å²) in [6.07, 6.45) is 7.02. The number of pyridine rings is 1. The van der Waals surface area contributed by atoms with Gasteiger partial charge in [-0.05, 0) is 38.1 Å². The summed E-state index contributed by atoms with van der Waals surface area (Å²) < 4.78 is 20.2. The summed E-state index contributed by atoms with van der Waals surface area (Å²) in [6.45, 7) is 8.85. The SMILES string of the molecule is C[C@@H]1c2cc(F)ccc2OC12CCN(c1cnc(Sc3ccnc(N4CC(C(C)(C)O)C4)c3Cl)cn1)CC2. The fourth-order valence-electron chi connectivity index (χ4n) is 5.64. The van der Waals surface area contributed by atoms with Gasteiger partial charge in [-0.15, -0.1) is 0 Å². The largest absolute Gasteiger partial charge is 0.486 e. The van der Waals surface area contributed by atoms with Crippen molar-refractivity contribution in [2.24, 2.45) is 5.92 Å². The molecule has 1 aromatic carbocycles. The lowest BCUT2D eigenvalue weighted by Crippen LogP contribution is -2.56. The van der Waals surface area contributed by atoms with Gasteiger partial charge < -0.3 is 19.6 Å². The van der Waals surface area contributed by atoms with Crippen LogP contribution in [0.15, 0.2) is 52.8 Å². The molecule has 3 aromatic rings. The van der Waals surface area contributed by atoms with Gasteiger partial charge in [-0.3, -0.25) is 0 Å². The number of halogens is 2. The standard InChI is InChI=1S/C28H31ClFN5O2S/c1-17-20-12-19(30)4-5-21(20)37-28(17)7-10-34(11-8-28)23-13-33-24(14-32-23)38-22-6-9-31-26(25(22)29)35-15-18(16-35)27(2,3)36/h4-6,9,12-14,17-18,36H,7-8,10-11,15-16H2,1-3H3/t17-/m1/s1. The summed E-state index contributed by atoms with van der Waals surface area (Å²) in [7, 11) is 0. The van der Waals surface area contributed by atoms with E-state index in [1.807, 2.05) is 26.1 Å². The fraction of sp³-hybridized carbons (Fsp3) is 0.464. The topological polar surface area (TPSA) is 74.6 Å². The number of aromatic nitrogens is 3. The Morgan fingerprint density at radius 3 is 2.55 bits per heavy atom. The molecule has 2 fully saturated rings. The number of aliphatic hydroxyl groups is 1. The predicted octanol–water partition coefficient (Wildman–Crippen LogP) is 5.56. The molecule has 0 bridgehead atoms. The number of fused-ring (bicyclic) bond motifs is 1. The van der Waals surface area contributed by atoms with Crippen molar-refractivity contribution in [1.82, 2.24) is 15.0 Å². The third-order valence-corrected chi connectivity index (χ3v) is 9.78. The van der Waals surface area contributed by atoms with Gasteiger partial charge in [0.25, 0.3) is 0 Å². The first-order valence-corrected chi connectivity index (χ1v) is 14.2. The number of rotatable bonds is 5. The van der Waals surface area contributed by atoms with E-state index in [2.05, 4.69) is 26.7 Å². The van der Waals surface area contributed by atoms with Crippen LogP contribution in [0.1, 0.15) is 45.1 Å². The van der Waals surface area contributed by atoms with Crippen LogP contribution in [0.3, 0.4) is 0 Å². The molecule has 1 atom stereocenters. The van der Waals surface area contributed by atoms with Crippen molar-refractivity contribution < 1.29 is 14.2 Å². The minimum atomic E-state index is -0.714. The number of benzene rings is 1. The Labute approximate surface area is 231 Å². The van der Waals surface area contributed by atoms with E-state index in [4.69, 9.17) is 21.3 Å². The molecule has 2 aromatic heterocycles. The summed E-state index contributed by atoms with van der Waals surface area (Å²) in [6, 6.07) is 6.71. The first-order chi connectivity index (χ1) is 18.1. The number of hydrogen-bond acceptors (Lipinski definition) is 8. The quantitative estimate of drug-likeness (QED) is 0.439. The van der Waals surface area contributed by atoms with Crippen LogP contribution in [0.5, 0.6) is 5.75 Å². The van der Waals surface area contributed by atoms with Crippen molar-refractivity contribution in [1.29, 1.82) is 0 Å². The van der Waals surface area contributed by atoms with Crippen LogP contribution in [0.2, 0.25) is 5.02 Å². The molecule has 0 aliphatic carbocycles. The Morgan fingerprint density at radius 1 is 1.11 bits per heavy atom. The minimum absolute atomic E-state index is 0.146. The van der Waals surface area contributed by atoms with E-state index in [1.165, 1.54) is 17.8 Å². The lowest BCUT2D eigenvalue weighted by Gasteiger charge is -2.46. The van der Waals surface area contributed by atoms with Gasteiger partial charge in [0.1, 0.15) is 33.8 Å². The maximum Gasteiger partial charge on any atom is 0.148 e. The van der Waals surface area contributed by atoms with Crippen molar-refractivity contribution in [3.8, 4) is 5.75 Å². The summed E-state index contributed by atoms with van der Waals surface area (Å²) in [4.78, 5) is 19.0. The van der Waals surface area contributed by atoms with Crippen LogP contribution in [0, 0.1) is 11.7 Å². The molecular formula is C28H31ClFN5O2S. The fourth-order valence-corrected chi connectivity index (χ4v) is 6.74. The highest BCUT2D eigenvalue weighted by Crippen LogP contribution is 2.50. The maximum atomic E-state index is 13.8. The second-order valence-electron chi connectivity index (χ2n) is 11.1. The maximum absolute atomic E-state index is 13.8. The first-order valence-electron chi connectivity index (χ1n) is 13.0. The second kappa shape index (κ2) is 9.54. The molecule has 7 nitrogen and oxygen atoms in total. The summed E-state index contributed by atoms with van der Waals surface area (Å²) in [5, 5.41) is 11.6.